The number of rotatable bonds is 7. The number of furan rings is 1. The monoisotopic (exact) mass is 373 g/mol. The van der Waals surface area contributed by atoms with Crippen molar-refractivity contribution in [1.29, 1.82) is 0 Å². The molecule has 1 unspecified atom stereocenters. The molecule has 0 aliphatic carbocycles. The molecule has 6 heteroatoms. The van der Waals surface area contributed by atoms with E-state index in [0.29, 0.717) is 13.1 Å². The van der Waals surface area contributed by atoms with Crippen LogP contribution in [0.15, 0.2) is 45.7 Å². The summed E-state index contributed by atoms with van der Waals surface area (Å²) in [6.07, 6.45) is 4.46. The Morgan fingerprint density at radius 3 is 2.50 bits per heavy atom. The van der Waals surface area contributed by atoms with Crippen LogP contribution in [0.5, 0.6) is 0 Å². The molecule has 0 bridgehead atoms. The first-order chi connectivity index (χ1) is 12.7. The fourth-order valence-electron chi connectivity index (χ4n) is 3.27. The molecule has 0 spiro atoms. The first-order valence-electron chi connectivity index (χ1n) is 9.11. The van der Waals surface area contributed by atoms with E-state index >= 15 is 0 Å². The Morgan fingerprint density at radius 1 is 1.15 bits per heavy atom. The van der Waals surface area contributed by atoms with Gasteiger partial charge in [-0.3, -0.25) is 4.90 Å². The second-order valence-corrected chi connectivity index (χ2v) is 7.50. The molecule has 0 saturated carbocycles. The molecule has 0 radical (unpaired) electrons. The highest BCUT2D eigenvalue weighted by molar-refractivity contribution is 7.98. The number of likely N-dealkylation sites (tertiary alicyclic amines) is 1. The Balaban J connectivity index is 1.51. The summed E-state index contributed by atoms with van der Waals surface area (Å²) >= 11 is 1.71. The number of urea groups is 1. The molecule has 1 aliphatic rings. The van der Waals surface area contributed by atoms with Gasteiger partial charge in [-0.25, -0.2) is 4.79 Å². The van der Waals surface area contributed by atoms with E-state index in [2.05, 4.69) is 33.9 Å². The van der Waals surface area contributed by atoms with Crippen LogP contribution < -0.4 is 10.6 Å². The number of thioether (sulfide) groups is 1. The van der Waals surface area contributed by atoms with Crippen molar-refractivity contribution in [3.8, 4) is 0 Å². The SMILES string of the molecule is CSc1ccc(CNC(=O)NCC(c2ccc(C)o2)N2CCCC2)cc1. The van der Waals surface area contributed by atoms with Crippen molar-refractivity contribution < 1.29 is 9.21 Å². The molecule has 1 saturated heterocycles. The lowest BCUT2D eigenvalue weighted by Gasteiger charge is -2.26. The summed E-state index contributed by atoms with van der Waals surface area (Å²) in [7, 11) is 0. The Bertz CT molecular complexity index is 708. The number of hydrogen-bond donors (Lipinski definition) is 2. The van der Waals surface area contributed by atoms with Crippen molar-refractivity contribution >= 4 is 17.8 Å². The minimum atomic E-state index is -0.147. The predicted molar refractivity (Wildman–Crippen MR) is 105 cm³/mol. The molecule has 5 nitrogen and oxygen atoms in total. The maximum atomic E-state index is 12.2. The Morgan fingerprint density at radius 2 is 1.88 bits per heavy atom. The molecule has 26 heavy (non-hydrogen) atoms. The Labute approximate surface area is 159 Å². The van der Waals surface area contributed by atoms with Crippen LogP contribution >= 0.6 is 11.8 Å². The fourth-order valence-corrected chi connectivity index (χ4v) is 3.68. The van der Waals surface area contributed by atoms with Crippen LogP contribution in [-0.4, -0.2) is 36.8 Å². The van der Waals surface area contributed by atoms with Gasteiger partial charge in [0.25, 0.3) is 0 Å². The molecule has 1 atom stereocenters. The van der Waals surface area contributed by atoms with E-state index in [-0.39, 0.29) is 12.1 Å². The first kappa shape index (κ1) is 18.9. The molecule has 2 heterocycles. The highest BCUT2D eigenvalue weighted by Crippen LogP contribution is 2.26. The predicted octanol–water partition coefficient (Wildman–Crippen LogP) is 3.95. The van der Waals surface area contributed by atoms with E-state index in [0.717, 1.165) is 30.2 Å². The van der Waals surface area contributed by atoms with E-state index in [1.54, 1.807) is 11.8 Å². The summed E-state index contributed by atoms with van der Waals surface area (Å²) < 4.78 is 5.83. The van der Waals surface area contributed by atoms with Crippen LogP contribution in [0.4, 0.5) is 4.79 Å². The molecular formula is C20H27N3O2S. The first-order valence-corrected chi connectivity index (χ1v) is 10.3. The lowest BCUT2D eigenvalue weighted by Crippen LogP contribution is -2.41. The van der Waals surface area contributed by atoms with Crippen molar-refractivity contribution in [2.75, 3.05) is 25.9 Å². The molecule has 140 valence electrons. The summed E-state index contributed by atoms with van der Waals surface area (Å²) in [5.74, 6) is 1.83. The average molecular weight is 374 g/mol. The number of carbonyl (C=O) groups is 1. The van der Waals surface area contributed by atoms with Gasteiger partial charge in [0.15, 0.2) is 0 Å². The lowest BCUT2D eigenvalue weighted by atomic mass is 10.2. The van der Waals surface area contributed by atoms with Crippen LogP contribution in [0.1, 0.15) is 36.0 Å². The van der Waals surface area contributed by atoms with Crippen LogP contribution in [0, 0.1) is 6.92 Å². The molecule has 2 N–H and O–H groups in total. The summed E-state index contributed by atoms with van der Waals surface area (Å²) in [6, 6.07) is 12.2. The number of nitrogens with one attached hydrogen (secondary N) is 2. The number of amides is 2. The van der Waals surface area contributed by atoms with Gasteiger partial charge < -0.3 is 15.1 Å². The van der Waals surface area contributed by atoms with Gasteiger partial charge in [0.1, 0.15) is 11.5 Å². The van der Waals surface area contributed by atoms with Gasteiger partial charge in [-0.15, -0.1) is 11.8 Å². The van der Waals surface area contributed by atoms with E-state index < -0.39 is 0 Å². The van der Waals surface area contributed by atoms with E-state index in [1.165, 1.54) is 17.7 Å². The Kier molecular flexibility index (Phi) is 6.63. The average Bonchev–Trinajstić information content (AvgIpc) is 3.33. The largest absolute Gasteiger partial charge is 0.465 e. The minimum Gasteiger partial charge on any atom is -0.465 e. The van der Waals surface area contributed by atoms with Crippen molar-refractivity contribution in [1.82, 2.24) is 15.5 Å². The molecule has 1 aliphatic heterocycles. The molecule has 2 amide bonds. The number of carbonyl (C=O) groups excluding carboxylic acids is 1. The van der Waals surface area contributed by atoms with Gasteiger partial charge in [0.2, 0.25) is 0 Å². The summed E-state index contributed by atoms with van der Waals surface area (Å²) in [6.45, 7) is 5.12. The molecule has 2 aromatic rings. The topological polar surface area (TPSA) is 57.5 Å². The quantitative estimate of drug-likeness (QED) is 0.722. The van der Waals surface area contributed by atoms with Crippen molar-refractivity contribution in [3.05, 3.63) is 53.5 Å². The van der Waals surface area contributed by atoms with Gasteiger partial charge in [-0.05, 0) is 68.9 Å². The number of hydrogen-bond acceptors (Lipinski definition) is 4. The van der Waals surface area contributed by atoms with Crippen LogP contribution in [-0.2, 0) is 6.54 Å². The zero-order valence-corrected chi connectivity index (χ0v) is 16.3. The standard InChI is InChI=1S/C20H27N3O2S/c1-15-5-10-19(25-15)18(23-11-3-4-12-23)14-22-20(24)21-13-16-6-8-17(26-2)9-7-16/h5-10,18H,3-4,11-14H2,1-2H3,(H2,21,22,24). The number of benzene rings is 1. The minimum absolute atomic E-state index is 0.0952. The van der Waals surface area contributed by atoms with E-state index in [1.807, 2.05) is 31.2 Å². The Hall–Kier alpha value is -1.92. The zero-order chi connectivity index (χ0) is 18.4. The third-order valence-corrected chi connectivity index (χ3v) is 5.48. The van der Waals surface area contributed by atoms with Gasteiger partial charge in [0, 0.05) is 18.0 Å². The van der Waals surface area contributed by atoms with Crippen LogP contribution in [0.25, 0.3) is 0 Å². The highest BCUT2D eigenvalue weighted by atomic mass is 32.2. The number of nitrogens with zero attached hydrogens (tertiary/aromatic N) is 1. The fraction of sp³-hybridized carbons (Fsp3) is 0.450. The zero-order valence-electron chi connectivity index (χ0n) is 15.5. The third kappa shape index (κ3) is 5.05. The molecule has 1 aromatic heterocycles. The maximum absolute atomic E-state index is 12.2. The van der Waals surface area contributed by atoms with Crippen molar-refractivity contribution in [2.45, 2.75) is 37.2 Å². The summed E-state index contributed by atoms with van der Waals surface area (Å²) in [5, 5.41) is 5.94. The van der Waals surface area contributed by atoms with Crippen molar-refractivity contribution in [2.24, 2.45) is 0 Å². The molecule has 1 fully saturated rings. The molecule has 3 rings (SSSR count). The summed E-state index contributed by atoms with van der Waals surface area (Å²) in [4.78, 5) is 15.8. The summed E-state index contributed by atoms with van der Waals surface area (Å²) in [5.41, 5.74) is 1.09. The van der Waals surface area contributed by atoms with Crippen molar-refractivity contribution in [3.63, 3.8) is 0 Å². The third-order valence-electron chi connectivity index (χ3n) is 4.74. The normalized spacial score (nSPS) is 15.8. The van der Waals surface area contributed by atoms with Gasteiger partial charge in [-0.1, -0.05) is 12.1 Å². The van der Waals surface area contributed by atoms with Gasteiger partial charge >= 0.3 is 6.03 Å². The van der Waals surface area contributed by atoms with Gasteiger partial charge in [0.05, 0.1) is 6.04 Å². The number of aryl methyl sites for hydroxylation is 1. The second-order valence-electron chi connectivity index (χ2n) is 6.62. The van der Waals surface area contributed by atoms with Crippen LogP contribution in [0.2, 0.25) is 0 Å². The smallest absolute Gasteiger partial charge is 0.315 e. The maximum Gasteiger partial charge on any atom is 0.315 e. The van der Waals surface area contributed by atoms with Gasteiger partial charge in [-0.2, -0.15) is 0 Å². The van der Waals surface area contributed by atoms with E-state index in [4.69, 9.17) is 4.42 Å². The molecular weight excluding hydrogens is 346 g/mol. The second kappa shape index (κ2) is 9.14. The van der Waals surface area contributed by atoms with Crippen LogP contribution in [0.3, 0.4) is 0 Å². The lowest BCUT2D eigenvalue weighted by molar-refractivity contribution is 0.202. The van der Waals surface area contributed by atoms with E-state index in [9.17, 15) is 4.79 Å². The highest BCUT2D eigenvalue weighted by Gasteiger charge is 2.26. The molecule has 1 aromatic carbocycles.